The van der Waals surface area contributed by atoms with Gasteiger partial charge in [-0.2, -0.15) is 4.98 Å². The number of carbonyl (C=O) groups excluding carboxylic acids is 1. The van der Waals surface area contributed by atoms with Crippen molar-refractivity contribution in [2.45, 2.75) is 13.5 Å². The molecule has 0 saturated carbocycles. The van der Waals surface area contributed by atoms with E-state index in [2.05, 4.69) is 15.3 Å². The minimum absolute atomic E-state index is 0.0886. The second-order valence-corrected chi connectivity index (χ2v) is 6.17. The Bertz CT molecular complexity index is 1120. The molecule has 146 valence electrons. The Labute approximate surface area is 166 Å². The molecule has 4 aromatic rings. The number of hydrogen-bond donors (Lipinski definition) is 0. The molecular formula is C21H17N3O5. The number of aromatic nitrogens is 3. The van der Waals surface area contributed by atoms with Crippen molar-refractivity contribution in [3.63, 3.8) is 0 Å². The van der Waals surface area contributed by atoms with E-state index in [1.165, 1.54) is 19.4 Å². The molecule has 0 N–H and O–H groups in total. The third-order valence-electron chi connectivity index (χ3n) is 4.22. The molecule has 0 aliphatic carbocycles. The van der Waals surface area contributed by atoms with E-state index in [1.54, 1.807) is 19.1 Å². The summed E-state index contributed by atoms with van der Waals surface area (Å²) in [5.41, 5.74) is 1.70. The molecule has 0 bridgehead atoms. The zero-order chi connectivity index (χ0) is 20.2. The van der Waals surface area contributed by atoms with Crippen molar-refractivity contribution in [1.29, 1.82) is 0 Å². The summed E-state index contributed by atoms with van der Waals surface area (Å²) in [7, 11) is 1.52. The molecule has 29 heavy (non-hydrogen) atoms. The van der Waals surface area contributed by atoms with Gasteiger partial charge in [0.05, 0.1) is 13.3 Å². The molecular weight excluding hydrogens is 374 g/mol. The first-order valence-corrected chi connectivity index (χ1v) is 8.80. The van der Waals surface area contributed by atoms with E-state index >= 15 is 0 Å². The summed E-state index contributed by atoms with van der Waals surface area (Å²) in [6.07, 6.45) is 1.40. The zero-order valence-electron chi connectivity index (χ0n) is 15.8. The number of carbonyl (C=O) groups is 1. The molecule has 8 nitrogen and oxygen atoms in total. The number of ketones is 1. The highest BCUT2D eigenvalue weighted by Crippen LogP contribution is 2.36. The average molecular weight is 391 g/mol. The van der Waals surface area contributed by atoms with Crippen LogP contribution in [0.4, 0.5) is 0 Å². The average Bonchev–Trinajstić information content (AvgIpc) is 3.44. The number of benzene rings is 2. The Balaban J connectivity index is 1.78. The molecule has 2 heterocycles. The van der Waals surface area contributed by atoms with E-state index in [9.17, 15) is 4.79 Å². The minimum atomic E-state index is -0.382. The molecule has 0 aliphatic rings. The molecule has 2 aromatic heterocycles. The first kappa shape index (κ1) is 18.4. The predicted octanol–water partition coefficient (Wildman–Crippen LogP) is 3.85. The normalized spacial score (nSPS) is 10.7. The van der Waals surface area contributed by atoms with Crippen molar-refractivity contribution in [2.24, 2.45) is 0 Å². The van der Waals surface area contributed by atoms with Crippen molar-refractivity contribution in [3.05, 3.63) is 77.5 Å². The summed E-state index contributed by atoms with van der Waals surface area (Å²) in [5.74, 6) is 1.19. The van der Waals surface area contributed by atoms with Crippen LogP contribution in [0.1, 0.15) is 27.6 Å². The molecule has 0 amide bonds. The van der Waals surface area contributed by atoms with Crippen LogP contribution >= 0.6 is 0 Å². The monoisotopic (exact) mass is 391 g/mol. The van der Waals surface area contributed by atoms with E-state index in [-0.39, 0.29) is 22.9 Å². The van der Waals surface area contributed by atoms with Crippen LogP contribution < -0.4 is 9.47 Å². The molecule has 0 radical (unpaired) electrons. The fourth-order valence-corrected chi connectivity index (χ4v) is 2.81. The fourth-order valence-electron chi connectivity index (χ4n) is 2.81. The number of aryl methyl sites for hydroxylation is 1. The standard InChI is InChI=1S/C21H17N3O5/c1-13-23-21(24-28-13)16-11-18(26-2)19(27-12-14-6-4-3-5-7-14)10-15(16)20(25)17-8-9-22-29-17/h3-11H,12H2,1-2H3. The maximum absolute atomic E-state index is 13.0. The third-order valence-corrected chi connectivity index (χ3v) is 4.22. The second-order valence-electron chi connectivity index (χ2n) is 6.17. The summed E-state index contributed by atoms with van der Waals surface area (Å²) < 4.78 is 21.5. The summed E-state index contributed by atoms with van der Waals surface area (Å²) in [4.78, 5) is 17.2. The van der Waals surface area contributed by atoms with Crippen molar-refractivity contribution in [3.8, 4) is 22.9 Å². The highest BCUT2D eigenvalue weighted by molar-refractivity contribution is 6.11. The first-order chi connectivity index (χ1) is 14.2. The lowest BCUT2D eigenvalue weighted by Crippen LogP contribution is -2.06. The largest absolute Gasteiger partial charge is 0.493 e. The molecule has 0 saturated heterocycles. The van der Waals surface area contributed by atoms with Gasteiger partial charge >= 0.3 is 0 Å². The maximum atomic E-state index is 13.0. The summed E-state index contributed by atoms with van der Waals surface area (Å²) in [5, 5.41) is 7.53. The summed E-state index contributed by atoms with van der Waals surface area (Å²) in [6.45, 7) is 1.98. The smallest absolute Gasteiger partial charge is 0.231 e. The lowest BCUT2D eigenvalue weighted by molar-refractivity contribution is 0.100. The van der Waals surface area contributed by atoms with Gasteiger partial charge in [-0.1, -0.05) is 40.6 Å². The zero-order valence-corrected chi connectivity index (χ0v) is 15.8. The van der Waals surface area contributed by atoms with E-state index in [0.717, 1.165) is 5.56 Å². The van der Waals surface area contributed by atoms with Gasteiger partial charge in [-0.3, -0.25) is 4.79 Å². The third kappa shape index (κ3) is 3.86. The van der Waals surface area contributed by atoms with Gasteiger partial charge in [0.25, 0.3) is 0 Å². The molecule has 8 heteroatoms. The Morgan fingerprint density at radius 3 is 2.55 bits per heavy atom. The number of hydrogen-bond acceptors (Lipinski definition) is 8. The van der Waals surface area contributed by atoms with Gasteiger partial charge in [0.2, 0.25) is 23.3 Å². The number of methoxy groups -OCH3 is 1. The van der Waals surface area contributed by atoms with Gasteiger partial charge in [0, 0.05) is 24.1 Å². The molecule has 2 aromatic carbocycles. The van der Waals surface area contributed by atoms with Crippen molar-refractivity contribution in [1.82, 2.24) is 15.3 Å². The van der Waals surface area contributed by atoms with E-state index in [4.69, 9.17) is 18.5 Å². The lowest BCUT2D eigenvalue weighted by atomic mass is 10.0. The number of ether oxygens (including phenoxy) is 2. The van der Waals surface area contributed by atoms with Crippen molar-refractivity contribution >= 4 is 5.78 Å². The van der Waals surface area contributed by atoms with Crippen LogP contribution in [-0.4, -0.2) is 28.2 Å². The van der Waals surface area contributed by atoms with Crippen LogP contribution in [0, 0.1) is 6.92 Å². The Kier molecular flexibility index (Phi) is 5.07. The van der Waals surface area contributed by atoms with Gasteiger partial charge in [-0.05, 0) is 17.7 Å². The van der Waals surface area contributed by atoms with Gasteiger partial charge < -0.3 is 18.5 Å². The van der Waals surface area contributed by atoms with Gasteiger partial charge in [-0.25, -0.2) is 0 Å². The Morgan fingerprint density at radius 2 is 1.90 bits per heavy atom. The Morgan fingerprint density at radius 1 is 1.07 bits per heavy atom. The molecule has 0 aliphatic heterocycles. The van der Waals surface area contributed by atoms with E-state index < -0.39 is 0 Å². The van der Waals surface area contributed by atoms with Crippen LogP contribution in [0.25, 0.3) is 11.4 Å². The molecule has 0 spiro atoms. The van der Waals surface area contributed by atoms with E-state index in [1.807, 2.05) is 30.3 Å². The second kappa shape index (κ2) is 7.97. The van der Waals surface area contributed by atoms with Crippen LogP contribution in [0.5, 0.6) is 11.5 Å². The van der Waals surface area contributed by atoms with Crippen molar-refractivity contribution in [2.75, 3.05) is 7.11 Å². The van der Waals surface area contributed by atoms with Gasteiger partial charge in [0.15, 0.2) is 11.5 Å². The van der Waals surface area contributed by atoms with Crippen LogP contribution in [0.3, 0.4) is 0 Å². The predicted molar refractivity (Wildman–Crippen MR) is 102 cm³/mol. The molecule has 0 unspecified atom stereocenters. The van der Waals surface area contributed by atoms with Crippen LogP contribution in [-0.2, 0) is 6.61 Å². The highest BCUT2D eigenvalue weighted by Gasteiger charge is 2.24. The quantitative estimate of drug-likeness (QED) is 0.438. The number of nitrogens with zero attached hydrogens (tertiary/aromatic N) is 3. The summed E-state index contributed by atoms with van der Waals surface area (Å²) >= 11 is 0. The maximum Gasteiger partial charge on any atom is 0.231 e. The molecule has 0 fully saturated rings. The van der Waals surface area contributed by atoms with Crippen molar-refractivity contribution < 1.29 is 23.3 Å². The van der Waals surface area contributed by atoms with Crippen LogP contribution in [0.15, 0.2) is 63.8 Å². The Hall–Kier alpha value is -3.94. The van der Waals surface area contributed by atoms with Gasteiger partial charge in [-0.15, -0.1) is 0 Å². The first-order valence-electron chi connectivity index (χ1n) is 8.80. The van der Waals surface area contributed by atoms with E-state index in [0.29, 0.717) is 29.6 Å². The van der Waals surface area contributed by atoms with Gasteiger partial charge in [0.1, 0.15) is 6.61 Å². The topological polar surface area (TPSA) is 100 Å². The number of rotatable bonds is 7. The summed E-state index contributed by atoms with van der Waals surface area (Å²) in [6, 6.07) is 14.4. The highest BCUT2D eigenvalue weighted by atomic mass is 16.5. The fraction of sp³-hybridized carbons (Fsp3) is 0.143. The lowest BCUT2D eigenvalue weighted by Gasteiger charge is -2.14. The molecule has 0 atom stereocenters. The van der Waals surface area contributed by atoms with Crippen LogP contribution in [0.2, 0.25) is 0 Å². The minimum Gasteiger partial charge on any atom is -0.493 e. The SMILES string of the molecule is COc1cc(-c2noc(C)n2)c(C(=O)c2ccno2)cc1OCc1ccccc1. The molecule has 4 rings (SSSR count).